The summed E-state index contributed by atoms with van der Waals surface area (Å²) in [4.78, 5) is 24.7. The first-order valence-electron chi connectivity index (χ1n) is 8.64. The highest BCUT2D eigenvalue weighted by molar-refractivity contribution is 7.92. The number of ether oxygens (including phenoxy) is 1. The molecule has 0 unspecified atom stereocenters. The molecule has 144 valence electrons. The second-order valence-electron chi connectivity index (χ2n) is 6.81. The largest absolute Gasteiger partial charge is 0.467 e. The van der Waals surface area contributed by atoms with Crippen LogP contribution in [0.1, 0.15) is 49.0 Å². The van der Waals surface area contributed by atoms with Crippen molar-refractivity contribution in [3.8, 4) is 0 Å². The van der Waals surface area contributed by atoms with Crippen molar-refractivity contribution in [3.63, 3.8) is 0 Å². The van der Waals surface area contributed by atoms with E-state index in [0.29, 0.717) is 43.5 Å². The maximum atomic E-state index is 12.7. The molecule has 1 aromatic rings. The molecule has 7 nitrogen and oxygen atoms in total. The van der Waals surface area contributed by atoms with Crippen molar-refractivity contribution in [1.82, 2.24) is 5.32 Å². The highest BCUT2D eigenvalue weighted by atomic mass is 32.2. The fourth-order valence-electron chi connectivity index (χ4n) is 3.31. The van der Waals surface area contributed by atoms with Crippen molar-refractivity contribution in [2.45, 2.75) is 45.1 Å². The molecular formula is C18H26N2O5S. The van der Waals surface area contributed by atoms with Crippen LogP contribution in [0.2, 0.25) is 0 Å². The van der Waals surface area contributed by atoms with Gasteiger partial charge in [-0.3, -0.25) is 9.10 Å². The smallest absolute Gasteiger partial charge is 0.331 e. The van der Waals surface area contributed by atoms with Gasteiger partial charge < -0.3 is 10.1 Å². The molecule has 1 aliphatic rings. The van der Waals surface area contributed by atoms with E-state index in [1.807, 2.05) is 6.92 Å². The SMILES string of the molecule is CCC[C@@](C)(NC(=O)c1ccc2c(c1)CCCN2S(C)(=O)=O)C(=O)OC. The summed E-state index contributed by atoms with van der Waals surface area (Å²) in [6.07, 6.45) is 3.74. The Balaban J connectivity index is 2.30. The first-order chi connectivity index (χ1) is 12.1. The quantitative estimate of drug-likeness (QED) is 0.758. The first kappa shape index (κ1) is 20.2. The van der Waals surface area contributed by atoms with E-state index in [1.165, 1.54) is 17.7 Å². The number of hydrogen-bond donors (Lipinski definition) is 1. The Labute approximate surface area is 154 Å². The van der Waals surface area contributed by atoms with Crippen LogP contribution in [0.3, 0.4) is 0 Å². The average molecular weight is 382 g/mol. The lowest BCUT2D eigenvalue weighted by Gasteiger charge is -2.30. The zero-order chi connectivity index (χ0) is 19.5. The third-order valence-electron chi connectivity index (χ3n) is 4.59. The zero-order valence-electron chi connectivity index (χ0n) is 15.7. The van der Waals surface area contributed by atoms with Gasteiger partial charge in [-0.25, -0.2) is 13.2 Å². The van der Waals surface area contributed by atoms with Crippen LogP contribution in [-0.4, -0.2) is 45.7 Å². The molecular weight excluding hydrogens is 356 g/mol. The minimum Gasteiger partial charge on any atom is -0.467 e. The standard InChI is InChI=1S/C18H26N2O5S/c1-5-10-18(2,17(22)25-3)19-16(21)14-8-9-15-13(12-14)7-6-11-20(15)26(4,23)24/h8-9,12H,5-7,10-11H2,1-4H3,(H,19,21)/t18-/m1/s1. The Bertz CT molecular complexity index is 806. The highest BCUT2D eigenvalue weighted by Gasteiger charge is 2.35. The summed E-state index contributed by atoms with van der Waals surface area (Å²) in [5.41, 5.74) is 0.712. The van der Waals surface area contributed by atoms with Crippen LogP contribution in [-0.2, 0) is 26.0 Å². The lowest BCUT2D eigenvalue weighted by Crippen LogP contribution is -2.52. The molecule has 1 aromatic carbocycles. The van der Waals surface area contributed by atoms with Gasteiger partial charge in [-0.2, -0.15) is 0 Å². The van der Waals surface area contributed by atoms with Crippen molar-refractivity contribution < 1.29 is 22.7 Å². The van der Waals surface area contributed by atoms with Crippen LogP contribution >= 0.6 is 0 Å². The topological polar surface area (TPSA) is 92.8 Å². The van der Waals surface area contributed by atoms with Crippen molar-refractivity contribution in [1.29, 1.82) is 0 Å². The van der Waals surface area contributed by atoms with E-state index in [0.717, 1.165) is 5.56 Å². The van der Waals surface area contributed by atoms with Crippen LogP contribution in [0.5, 0.6) is 0 Å². The fraction of sp³-hybridized carbons (Fsp3) is 0.556. The minimum absolute atomic E-state index is 0.384. The van der Waals surface area contributed by atoms with Crippen LogP contribution in [0.4, 0.5) is 5.69 Å². The van der Waals surface area contributed by atoms with E-state index in [-0.39, 0.29) is 5.91 Å². The number of sulfonamides is 1. The van der Waals surface area contributed by atoms with Crippen molar-refractivity contribution in [3.05, 3.63) is 29.3 Å². The summed E-state index contributed by atoms with van der Waals surface area (Å²) in [6, 6.07) is 4.94. The Kier molecular flexibility index (Phi) is 5.95. The summed E-state index contributed by atoms with van der Waals surface area (Å²) in [6.45, 7) is 4.00. The predicted octanol–water partition coefficient (Wildman–Crippen LogP) is 1.86. The Morgan fingerprint density at radius 3 is 2.62 bits per heavy atom. The lowest BCUT2D eigenvalue weighted by molar-refractivity contribution is -0.147. The number of carbonyl (C=O) groups is 2. The minimum atomic E-state index is -3.35. The Morgan fingerprint density at radius 2 is 2.04 bits per heavy atom. The number of aryl methyl sites for hydroxylation is 1. The molecule has 2 rings (SSSR count). The monoisotopic (exact) mass is 382 g/mol. The zero-order valence-corrected chi connectivity index (χ0v) is 16.5. The molecule has 0 spiro atoms. The second-order valence-corrected chi connectivity index (χ2v) is 8.72. The number of benzene rings is 1. The third kappa shape index (κ3) is 4.17. The van der Waals surface area contributed by atoms with Gasteiger partial charge in [0.2, 0.25) is 10.0 Å². The number of hydrogen-bond acceptors (Lipinski definition) is 5. The van der Waals surface area contributed by atoms with E-state index in [4.69, 9.17) is 4.74 Å². The van der Waals surface area contributed by atoms with Crippen LogP contribution in [0.15, 0.2) is 18.2 Å². The fourth-order valence-corrected chi connectivity index (χ4v) is 4.31. The molecule has 0 saturated carbocycles. The molecule has 0 saturated heterocycles. The molecule has 0 fully saturated rings. The number of nitrogens with zero attached hydrogens (tertiary/aromatic N) is 1. The molecule has 0 radical (unpaired) electrons. The second kappa shape index (κ2) is 7.65. The van der Waals surface area contributed by atoms with Gasteiger partial charge in [0, 0.05) is 12.1 Å². The molecule has 1 N–H and O–H groups in total. The normalized spacial score (nSPS) is 16.4. The molecule has 0 bridgehead atoms. The van der Waals surface area contributed by atoms with Crippen molar-refractivity contribution >= 4 is 27.6 Å². The molecule has 0 aromatic heterocycles. The number of methoxy groups -OCH3 is 1. The van der Waals surface area contributed by atoms with Crippen LogP contribution in [0, 0.1) is 0 Å². The number of nitrogens with one attached hydrogen (secondary N) is 1. The summed E-state index contributed by atoms with van der Waals surface area (Å²) in [5.74, 6) is -0.875. The molecule has 1 heterocycles. The number of anilines is 1. The summed E-state index contributed by atoms with van der Waals surface area (Å²) >= 11 is 0. The van der Waals surface area contributed by atoms with Gasteiger partial charge in [0.15, 0.2) is 0 Å². The maximum Gasteiger partial charge on any atom is 0.331 e. The Morgan fingerprint density at radius 1 is 1.35 bits per heavy atom. The van der Waals surface area contributed by atoms with Crippen molar-refractivity contribution in [2.24, 2.45) is 0 Å². The van der Waals surface area contributed by atoms with Gasteiger partial charge in [-0.05, 0) is 49.9 Å². The summed E-state index contributed by atoms with van der Waals surface area (Å²) in [5, 5.41) is 2.76. The molecule has 1 amide bonds. The van der Waals surface area contributed by atoms with Crippen molar-refractivity contribution in [2.75, 3.05) is 24.2 Å². The molecule has 26 heavy (non-hydrogen) atoms. The highest BCUT2D eigenvalue weighted by Crippen LogP contribution is 2.30. The Hall–Kier alpha value is -2.09. The number of esters is 1. The maximum absolute atomic E-state index is 12.7. The van der Waals surface area contributed by atoms with Gasteiger partial charge in [0.05, 0.1) is 19.1 Å². The molecule has 1 atom stereocenters. The van der Waals surface area contributed by atoms with Gasteiger partial charge in [-0.15, -0.1) is 0 Å². The van der Waals surface area contributed by atoms with Gasteiger partial charge >= 0.3 is 5.97 Å². The lowest BCUT2D eigenvalue weighted by atomic mass is 9.95. The number of amides is 1. The van der Waals surface area contributed by atoms with Gasteiger partial charge in [0.1, 0.15) is 5.54 Å². The number of fused-ring (bicyclic) bond motifs is 1. The predicted molar refractivity (Wildman–Crippen MR) is 99.7 cm³/mol. The van der Waals surface area contributed by atoms with Gasteiger partial charge in [0.25, 0.3) is 5.91 Å². The number of carbonyl (C=O) groups excluding carboxylic acids is 2. The molecule has 8 heteroatoms. The number of rotatable bonds is 6. The van der Waals surface area contributed by atoms with E-state index in [2.05, 4.69) is 5.32 Å². The van der Waals surface area contributed by atoms with Gasteiger partial charge in [-0.1, -0.05) is 13.3 Å². The van der Waals surface area contributed by atoms with E-state index in [1.54, 1.807) is 25.1 Å². The van der Waals surface area contributed by atoms with E-state index < -0.39 is 21.5 Å². The summed E-state index contributed by atoms with van der Waals surface area (Å²) < 4.78 is 30.0. The molecule has 0 aliphatic carbocycles. The first-order valence-corrected chi connectivity index (χ1v) is 10.5. The molecule has 1 aliphatic heterocycles. The average Bonchev–Trinajstić information content (AvgIpc) is 2.59. The van der Waals surface area contributed by atoms with Crippen LogP contribution in [0.25, 0.3) is 0 Å². The third-order valence-corrected chi connectivity index (χ3v) is 5.77. The van der Waals surface area contributed by atoms with E-state index >= 15 is 0 Å². The summed E-state index contributed by atoms with van der Waals surface area (Å²) in [7, 11) is -2.06. The van der Waals surface area contributed by atoms with Crippen LogP contribution < -0.4 is 9.62 Å². The van der Waals surface area contributed by atoms with E-state index in [9.17, 15) is 18.0 Å².